The molecule has 0 saturated carbocycles. The van der Waals surface area contributed by atoms with E-state index in [4.69, 9.17) is 9.47 Å². The first-order chi connectivity index (χ1) is 8.08. The highest BCUT2D eigenvalue weighted by molar-refractivity contribution is 5.30. The van der Waals surface area contributed by atoms with Crippen molar-refractivity contribution < 1.29 is 13.9 Å². The van der Waals surface area contributed by atoms with E-state index < -0.39 is 0 Å². The Morgan fingerprint density at radius 2 is 2.06 bits per heavy atom. The molecule has 0 fully saturated rings. The number of likely N-dealkylation sites (N-methyl/N-ethyl adjacent to an activating group) is 1. The van der Waals surface area contributed by atoms with E-state index in [1.807, 2.05) is 13.8 Å². The van der Waals surface area contributed by atoms with Crippen LogP contribution < -0.4 is 10.1 Å². The molecule has 0 radical (unpaired) electrons. The summed E-state index contributed by atoms with van der Waals surface area (Å²) in [7, 11) is 3.31. The third-order valence-corrected chi connectivity index (χ3v) is 2.53. The highest BCUT2D eigenvalue weighted by Gasteiger charge is 2.15. The lowest BCUT2D eigenvalue weighted by Gasteiger charge is -2.19. The first-order valence-electron chi connectivity index (χ1n) is 5.70. The Hall–Kier alpha value is -1.13. The molecule has 96 valence electrons. The van der Waals surface area contributed by atoms with Crippen LogP contribution in [0.5, 0.6) is 5.75 Å². The van der Waals surface area contributed by atoms with Crippen LogP contribution >= 0.6 is 0 Å². The van der Waals surface area contributed by atoms with Crippen LogP contribution in [0.2, 0.25) is 0 Å². The number of ether oxygens (including phenoxy) is 2. The molecule has 1 aromatic rings. The topological polar surface area (TPSA) is 30.5 Å². The number of hydrogen-bond acceptors (Lipinski definition) is 3. The second-order valence-electron chi connectivity index (χ2n) is 4.11. The second-order valence-corrected chi connectivity index (χ2v) is 4.11. The minimum atomic E-state index is -0.281. The van der Waals surface area contributed by atoms with Crippen molar-refractivity contribution in [3.05, 3.63) is 29.6 Å². The average molecular weight is 241 g/mol. The van der Waals surface area contributed by atoms with E-state index in [-0.39, 0.29) is 18.0 Å². The molecule has 3 nitrogen and oxygen atoms in total. The Bertz CT molecular complexity index is 355. The molecule has 0 aliphatic heterocycles. The maximum absolute atomic E-state index is 13.8. The van der Waals surface area contributed by atoms with Crippen LogP contribution in [-0.4, -0.2) is 26.9 Å². The molecule has 0 aliphatic carbocycles. The zero-order valence-corrected chi connectivity index (χ0v) is 10.8. The molecule has 4 heteroatoms. The molecule has 0 bridgehead atoms. The van der Waals surface area contributed by atoms with E-state index in [1.54, 1.807) is 19.2 Å². The van der Waals surface area contributed by atoms with E-state index in [1.165, 1.54) is 13.2 Å². The molecule has 0 spiro atoms. The summed E-state index contributed by atoms with van der Waals surface area (Å²) in [6.07, 6.45) is 0.132. The molecular weight excluding hydrogens is 221 g/mol. The molecule has 1 N–H and O–H groups in total. The van der Waals surface area contributed by atoms with Gasteiger partial charge in [0.05, 0.1) is 25.9 Å². The summed E-state index contributed by atoms with van der Waals surface area (Å²) >= 11 is 0. The molecule has 0 amide bonds. The number of rotatable bonds is 6. The van der Waals surface area contributed by atoms with Crippen molar-refractivity contribution in [2.24, 2.45) is 0 Å². The summed E-state index contributed by atoms with van der Waals surface area (Å²) in [5.41, 5.74) is 0.592. The lowest BCUT2D eigenvalue weighted by molar-refractivity contribution is 0.0619. The lowest BCUT2D eigenvalue weighted by Crippen LogP contribution is -2.24. The zero-order valence-electron chi connectivity index (χ0n) is 10.8. The molecule has 1 aromatic carbocycles. The van der Waals surface area contributed by atoms with Gasteiger partial charge in [0.25, 0.3) is 0 Å². The summed E-state index contributed by atoms with van der Waals surface area (Å²) in [6.45, 7) is 4.35. The van der Waals surface area contributed by atoms with Crippen molar-refractivity contribution in [1.82, 2.24) is 5.32 Å². The minimum absolute atomic E-state index is 0.132. The van der Waals surface area contributed by atoms with E-state index in [2.05, 4.69) is 5.32 Å². The van der Waals surface area contributed by atoms with Gasteiger partial charge in [-0.2, -0.15) is 0 Å². The fraction of sp³-hybridized carbons (Fsp3) is 0.538. The first kappa shape index (κ1) is 13.9. The molecule has 0 heterocycles. The smallest absolute Gasteiger partial charge is 0.131 e. The summed E-state index contributed by atoms with van der Waals surface area (Å²) in [4.78, 5) is 0. The van der Waals surface area contributed by atoms with Gasteiger partial charge < -0.3 is 14.8 Å². The van der Waals surface area contributed by atoms with Crippen LogP contribution in [0.25, 0.3) is 0 Å². The predicted octanol–water partition coefficient (Wildman–Crippen LogP) is 2.52. The molecule has 1 rings (SSSR count). The van der Waals surface area contributed by atoms with Gasteiger partial charge in [0.1, 0.15) is 11.6 Å². The van der Waals surface area contributed by atoms with Gasteiger partial charge in [-0.1, -0.05) is 6.07 Å². The third kappa shape index (κ3) is 3.98. The van der Waals surface area contributed by atoms with Gasteiger partial charge in [-0.05, 0) is 27.0 Å². The largest absolute Gasteiger partial charge is 0.497 e. The van der Waals surface area contributed by atoms with Crippen molar-refractivity contribution >= 4 is 0 Å². The standard InChI is InChI=1S/C13H20FNO2/c1-9(2)17-8-13(15-3)11-6-5-10(16-4)7-12(11)14/h5-7,9,13,15H,8H2,1-4H3. The van der Waals surface area contributed by atoms with Crippen molar-refractivity contribution in [1.29, 1.82) is 0 Å². The van der Waals surface area contributed by atoms with E-state index >= 15 is 0 Å². The van der Waals surface area contributed by atoms with Crippen LogP contribution in [0.3, 0.4) is 0 Å². The summed E-state index contributed by atoms with van der Waals surface area (Å²) in [6, 6.07) is 4.70. The quantitative estimate of drug-likeness (QED) is 0.830. The maximum Gasteiger partial charge on any atom is 0.131 e. The van der Waals surface area contributed by atoms with Gasteiger partial charge >= 0.3 is 0 Å². The van der Waals surface area contributed by atoms with Crippen LogP contribution in [0.1, 0.15) is 25.5 Å². The Balaban J connectivity index is 2.80. The van der Waals surface area contributed by atoms with Gasteiger partial charge in [-0.15, -0.1) is 0 Å². The first-order valence-corrected chi connectivity index (χ1v) is 5.70. The summed E-state index contributed by atoms with van der Waals surface area (Å²) in [5.74, 6) is 0.238. The highest BCUT2D eigenvalue weighted by atomic mass is 19.1. The molecule has 0 aliphatic rings. The number of halogens is 1. The van der Waals surface area contributed by atoms with Gasteiger partial charge in [-0.3, -0.25) is 0 Å². The molecule has 17 heavy (non-hydrogen) atoms. The van der Waals surface area contributed by atoms with Gasteiger partial charge in [0.15, 0.2) is 0 Å². The van der Waals surface area contributed by atoms with E-state index in [0.29, 0.717) is 17.9 Å². The normalized spacial score (nSPS) is 12.8. The maximum atomic E-state index is 13.8. The van der Waals surface area contributed by atoms with Crippen molar-refractivity contribution in [3.63, 3.8) is 0 Å². The number of hydrogen-bond donors (Lipinski definition) is 1. The SMILES string of the molecule is CNC(COC(C)C)c1ccc(OC)cc1F. The third-order valence-electron chi connectivity index (χ3n) is 2.53. The Labute approximate surface area is 102 Å². The summed E-state index contributed by atoms with van der Waals surface area (Å²) in [5, 5.41) is 3.05. The van der Waals surface area contributed by atoms with Gasteiger partial charge in [0, 0.05) is 11.6 Å². The molecule has 0 saturated heterocycles. The molecular formula is C13H20FNO2. The molecule has 0 aromatic heterocycles. The Morgan fingerprint density at radius 3 is 2.53 bits per heavy atom. The molecule has 1 atom stereocenters. The van der Waals surface area contributed by atoms with Crippen molar-refractivity contribution in [2.45, 2.75) is 26.0 Å². The van der Waals surface area contributed by atoms with Crippen molar-refractivity contribution in [3.8, 4) is 5.75 Å². The van der Waals surface area contributed by atoms with Crippen molar-refractivity contribution in [2.75, 3.05) is 20.8 Å². The second kappa shape index (κ2) is 6.57. The fourth-order valence-electron chi connectivity index (χ4n) is 1.53. The van der Waals surface area contributed by atoms with E-state index in [9.17, 15) is 4.39 Å². The Morgan fingerprint density at radius 1 is 1.35 bits per heavy atom. The zero-order chi connectivity index (χ0) is 12.8. The minimum Gasteiger partial charge on any atom is -0.497 e. The van der Waals surface area contributed by atoms with Crippen LogP contribution in [0, 0.1) is 5.82 Å². The van der Waals surface area contributed by atoms with Gasteiger partial charge in [-0.25, -0.2) is 4.39 Å². The number of methoxy groups -OCH3 is 1. The molecule has 1 unspecified atom stereocenters. The van der Waals surface area contributed by atoms with Gasteiger partial charge in [0.2, 0.25) is 0 Å². The van der Waals surface area contributed by atoms with Crippen LogP contribution in [0.15, 0.2) is 18.2 Å². The lowest BCUT2D eigenvalue weighted by atomic mass is 10.1. The average Bonchev–Trinajstić information content (AvgIpc) is 2.31. The monoisotopic (exact) mass is 241 g/mol. The van der Waals surface area contributed by atoms with Crippen LogP contribution in [0.4, 0.5) is 4.39 Å². The number of nitrogens with one attached hydrogen (secondary N) is 1. The highest BCUT2D eigenvalue weighted by Crippen LogP contribution is 2.22. The van der Waals surface area contributed by atoms with E-state index in [0.717, 1.165) is 0 Å². The fourth-order valence-corrected chi connectivity index (χ4v) is 1.53. The predicted molar refractivity (Wildman–Crippen MR) is 65.8 cm³/mol. The number of benzene rings is 1. The van der Waals surface area contributed by atoms with Crippen LogP contribution in [-0.2, 0) is 4.74 Å². The Kier molecular flexibility index (Phi) is 5.38. The summed E-state index contributed by atoms with van der Waals surface area (Å²) < 4.78 is 24.3.